The Morgan fingerprint density at radius 3 is 2.68 bits per heavy atom. The van der Waals surface area contributed by atoms with Crippen molar-refractivity contribution in [3.63, 3.8) is 0 Å². The molecule has 1 rings (SSSR count). The van der Waals surface area contributed by atoms with Crippen molar-refractivity contribution < 1.29 is 14.5 Å². The van der Waals surface area contributed by atoms with Crippen molar-refractivity contribution in [3.8, 4) is 0 Å². The van der Waals surface area contributed by atoms with E-state index in [-0.39, 0.29) is 17.2 Å². The lowest BCUT2D eigenvalue weighted by atomic mass is 10.1. The first kappa shape index (κ1) is 15.4. The zero-order valence-electron chi connectivity index (χ0n) is 10.9. The Morgan fingerprint density at radius 2 is 2.16 bits per heavy atom. The van der Waals surface area contributed by atoms with Crippen molar-refractivity contribution in [2.45, 2.75) is 19.4 Å². The Labute approximate surface area is 115 Å². The number of carbonyl (C=O) groups excluding carboxylic acids is 1. The van der Waals surface area contributed by atoms with E-state index in [0.717, 1.165) is 0 Å². The van der Waals surface area contributed by atoms with E-state index in [1.807, 2.05) is 0 Å². The third-order valence-corrected chi connectivity index (χ3v) is 2.68. The third-order valence-electron chi connectivity index (χ3n) is 2.37. The Bertz CT molecular complexity index is 503. The predicted molar refractivity (Wildman–Crippen MR) is 71.5 cm³/mol. The highest BCUT2D eigenvalue weighted by molar-refractivity contribution is 6.33. The van der Waals surface area contributed by atoms with Crippen molar-refractivity contribution >= 4 is 23.2 Å². The molecule has 1 N–H and O–H groups in total. The van der Waals surface area contributed by atoms with Gasteiger partial charge in [-0.2, -0.15) is 0 Å². The monoisotopic (exact) mass is 286 g/mol. The van der Waals surface area contributed by atoms with Gasteiger partial charge in [-0.15, -0.1) is 0 Å². The number of hydrogen-bond donors (Lipinski definition) is 1. The summed E-state index contributed by atoms with van der Waals surface area (Å²) in [7, 11) is 1.51. The van der Waals surface area contributed by atoms with Gasteiger partial charge in [0, 0.05) is 7.11 Å². The first-order valence-corrected chi connectivity index (χ1v) is 5.90. The SMILES string of the molecule is COCC(C)(C)NC(=O)c1cccc(Cl)c1[N+](=O)[O-]. The Balaban J connectivity index is 3.07. The van der Waals surface area contributed by atoms with E-state index in [1.54, 1.807) is 13.8 Å². The largest absolute Gasteiger partial charge is 0.382 e. The van der Waals surface area contributed by atoms with Gasteiger partial charge in [0.15, 0.2) is 0 Å². The zero-order valence-corrected chi connectivity index (χ0v) is 11.7. The van der Waals surface area contributed by atoms with Crippen LogP contribution in [0.2, 0.25) is 5.02 Å². The molecule has 0 saturated heterocycles. The summed E-state index contributed by atoms with van der Waals surface area (Å²) in [6.07, 6.45) is 0. The molecule has 0 radical (unpaired) electrons. The molecule has 104 valence electrons. The molecular formula is C12H15ClN2O4. The molecule has 0 aliphatic heterocycles. The van der Waals surface area contributed by atoms with Gasteiger partial charge in [0.05, 0.1) is 17.1 Å². The van der Waals surface area contributed by atoms with Crippen LogP contribution in [0.3, 0.4) is 0 Å². The molecule has 0 fully saturated rings. The maximum Gasteiger partial charge on any atom is 0.300 e. The van der Waals surface area contributed by atoms with Gasteiger partial charge in [-0.05, 0) is 26.0 Å². The number of rotatable bonds is 5. The molecular weight excluding hydrogens is 272 g/mol. The van der Waals surface area contributed by atoms with Gasteiger partial charge in [0.2, 0.25) is 0 Å². The number of ether oxygens (including phenoxy) is 1. The third kappa shape index (κ3) is 3.90. The summed E-state index contributed by atoms with van der Waals surface area (Å²) in [6, 6.07) is 4.23. The van der Waals surface area contributed by atoms with Gasteiger partial charge in [-0.1, -0.05) is 17.7 Å². The topological polar surface area (TPSA) is 81.5 Å². The normalized spacial score (nSPS) is 11.2. The van der Waals surface area contributed by atoms with Crippen LogP contribution in [0.4, 0.5) is 5.69 Å². The van der Waals surface area contributed by atoms with Gasteiger partial charge in [0.25, 0.3) is 5.91 Å². The molecule has 0 spiro atoms. The average molecular weight is 287 g/mol. The number of nitrogens with one attached hydrogen (secondary N) is 1. The quantitative estimate of drug-likeness (QED) is 0.665. The fraction of sp³-hybridized carbons (Fsp3) is 0.417. The van der Waals surface area contributed by atoms with Gasteiger partial charge in [-0.3, -0.25) is 14.9 Å². The molecule has 0 heterocycles. The van der Waals surface area contributed by atoms with Crippen LogP contribution in [0.15, 0.2) is 18.2 Å². The highest BCUT2D eigenvalue weighted by Gasteiger charge is 2.27. The molecule has 0 unspecified atom stereocenters. The molecule has 0 aromatic heterocycles. The minimum absolute atomic E-state index is 0.0674. The highest BCUT2D eigenvalue weighted by Crippen LogP contribution is 2.28. The van der Waals surface area contributed by atoms with Crippen LogP contribution in [0.1, 0.15) is 24.2 Å². The van der Waals surface area contributed by atoms with E-state index < -0.39 is 22.1 Å². The van der Waals surface area contributed by atoms with E-state index in [9.17, 15) is 14.9 Å². The first-order valence-electron chi connectivity index (χ1n) is 5.53. The molecule has 1 amide bonds. The van der Waals surface area contributed by atoms with Crippen LogP contribution in [-0.2, 0) is 4.74 Å². The maximum atomic E-state index is 12.1. The average Bonchev–Trinajstić information content (AvgIpc) is 2.27. The minimum atomic E-state index is -0.666. The number of carbonyl (C=O) groups is 1. The van der Waals surface area contributed by atoms with Crippen LogP contribution in [0.5, 0.6) is 0 Å². The molecule has 1 aromatic carbocycles. The Morgan fingerprint density at radius 1 is 1.53 bits per heavy atom. The smallest absolute Gasteiger partial charge is 0.300 e. The molecule has 7 heteroatoms. The lowest BCUT2D eigenvalue weighted by Gasteiger charge is -2.25. The number of benzene rings is 1. The second-order valence-corrected chi connectivity index (χ2v) is 5.07. The lowest BCUT2D eigenvalue weighted by molar-refractivity contribution is -0.385. The summed E-state index contributed by atoms with van der Waals surface area (Å²) in [5, 5.41) is 13.6. The number of hydrogen-bond acceptors (Lipinski definition) is 4. The number of methoxy groups -OCH3 is 1. The standard InChI is InChI=1S/C12H15ClN2O4/c1-12(2,7-19-3)14-11(16)8-5-4-6-9(13)10(8)15(17)18/h4-6H,7H2,1-3H3,(H,14,16). The van der Waals surface area contributed by atoms with Gasteiger partial charge < -0.3 is 10.1 Å². The molecule has 0 saturated carbocycles. The summed E-state index contributed by atoms with van der Waals surface area (Å²) in [5.41, 5.74) is -1.10. The Hall–Kier alpha value is -1.66. The summed E-state index contributed by atoms with van der Waals surface area (Å²) < 4.78 is 4.97. The predicted octanol–water partition coefficient (Wildman–Crippen LogP) is 2.40. The van der Waals surface area contributed by atoms with Crippen molar-refractivity contribution in [1.82, 2.24) is 5.32 Å². The van der Waals surface area contributed by atoms with Crippen molar-refractivity contribution in [3.05, 3.63) is 38.9 Å². The number of nitrogens with zero attached hydrogens (tertiary/aromatic N) is 1. The maximum absolute atomic E-state index is 12.1. The van der Waals surface area contributed by atoms with Crippen LogP contribution in [0.25, 0.3) is 0 Å². The van der Waals surface area contributed by atoms with Crippen molar-refractivity contribution in [2.75, 3.05) is 13.7 Å². The fourth-order valence-corrected chi connectivity index (χ4v) is 1.90. The molecule has 0 aliphatic rings. The number of nitro groups is 1. The summed E-state index contributed by atoms with van der Waals surface area (Å²) >= 11 is 5.75. The minimum Gasteiger partial charge on any atom is -0.382 e. The highest BCUT2D eigenvalue weighted by atomic mass is 35.5. The van der Waals surface area contributed by atoms with Gasteiger partial charge in [0.1, 0.15) is 10.6 Å². The number of nitro benzene ring substituents is 1. The van der Waals surface area contributed by atoms with Crippen LogP contribution >= 0.6 is 11.6 Å². The van der Waals surface area contributed by atoms with E-state index in [1.165, 1.54) is 25.3 Å². The lowest BCUT2D eigenvalue weighted by Crippen LogP contribution is -2.46. The zero-order chi connectivity index (χ0) is 14.6. The molecule has 0 atom stereocenters. The van der Waals surface area contributed by atoms with E-state index >= 15 is 0 Å². The Kier molecular flexibility index (Phi) is 4.85. The van der Waals surface area contributed by atoms with Crippen LogP contribution < -0.4 is 5.32 Å². The van der Waals surface area contributed by atoms with E-state index in [0.29, 0.717) is 0 Å². The molecule has 6 nitrogen and oxygen atoms in total. The second-order valence-electron chi connectivity index (χ2n) is 4.66. The number of amides is 1. The molecule has 1 aromatic rings. The number of halogens is 1. The van der Waals surface area contributed by atoms with E-state index in [4.69, 9.17) is 16.3 Å². The summed E-state index contributed by atoms with van der Waals surface area (Å²) in [4.78, 5) is 22.4. The fourth-order valence-electron chi connectivity index (χ4n) is 1.66. The van der Waals surface area contributed by atoms with E-state index in [2.05, 4.69) is 5.32 Å². The molecule has 19 heavy (non-hydrogen) atoms. The summed E-state index contributed by atoms with van der Waals surface area (Å²) in [5.74, 6) is -0.559. The van der Waals surface area contributed by atoms with Gasteiger partial charge in [-0.25, -0.2) is 0 Å². The van der Waals surface area contributed by atoms with Crippen LogP contribution in [-0.4, -0.2) is 30.1 Å². The summed E-state index contributed by atoms with van der Waals surface area (Å²) in [6.45, 7) is 3.79. The first-order chi connectivity index (χ1) is 8.78. The molecule has 0 aliphatic carbocycles. The number of para-hydroxylation sites is 1. The van der Waals surface area contributed by atoms with Gasteiger partial charge >= 0.3 is 5.69 Å². The molecule has 0 bridgehead atoms. The van der Waals surface area contributed by atoms with Crippen LogP contribution in [0, 0.1) is 10.1 Å². The van der Waals surface area contributed by atoms with Crippen molar-refractivity contribution in [2.24, 2.45) is 0 Å². The van der Waals surface area contributed by atoms with Crippen molar-refractivity contribution in [1.29, 1.82) is 0 Å². The second kappa shape index (κ2) is 5.99.